The number of fused-ring (bicyclic) bond motifs is 4. The van der Waals surface area contributed by atoms with Crippen molar-refractivity contribution < 1.29 is 9.84 Å². The topological polar surface area (TPSA) is 32.8 Å². The van der Waals surface area contributed by atoms with Gasteiger partial charge in [0.1, 0.15) is 5.60 Å². The molecule has 5 rings (SSSR count). The molecular formula is C28H46O2. The maximum atomic E-state index is 10.4. The predicted molar refractivity (Wildman–Crippen MR) is 123 cm³/mol. The molecule has 170 valence electrons. The molecule has 5 fully saturated rings. The molecular weight excluding hydrogens is 368 g/mol. The summed E-state index contributed by atoms with van der Waals surface area (Å²) in [5.41, 5.74) is 0.837. The van der Waals surface area contributed by atoms with Crippen LogP contribution in [0.3, 0.4) is 0 Å². The van der Waals surface area contributed by atoms with Gasteiger partial charge in [-0.1, -0.05) is 53.7 Å². The second kappa shape index (κ2) is 7.08. The smallest absolute Gasteiger partial charge is 0.103 e. The zero-order valence-electron chi connectivity index (χ0n) is 20.4. The fourth-order valence-electron chi connectivity index (χ4n) is 9.27. The van der Waals surface area contributed by atoms with Crippen molar-refractivity contribution in [1.29, 1.82) is 0 Å². The molecule has 7 unspecified atom stereocenters. The third-order valence-corrected chi connectivity index (χ3v) is 11.5. The highest BCUT2D eigenvalue weighted by Crippen LogP contribution is 2.74. The van der Waals surface area contributed by atoms with Crippen molar-refractivity contribution in [1.82, 2.24) is 0 Å². The van der Waals surface area contributed by atoms with Crippen LogP contribution in [0.2, 0.25) is 0 Å². The largest absolute Gasteiger partial charge is 0.393 e. The van der Waals surface area contributed by atoms with Gasteiger partial charge in [-0.25, -0.2) is 0 Å². The molecule has 0 amide bonds. The summed E-state index contributed by atoms with van der Waals surface area (Å²) in [6.45, 7) is 14.7. The molecule has 0 radical (unpaired) electrons. The molecule has 0 bridgehead atoms. The molecule has 2 nitrogen and oxygen atoms in total. The SMILES string of the molecule is CC(C)[C@@H](C)/C=C/[C@@H](C)C1CCC2C3CC4OC45C[C@@H](O)CC[C@]5(C)C3CCC21C. The molecule has 5 aliphatic rings. The van der Waals surface area contributed by atoms with E-state index in [1.165, 1.54) is 38.5 Å². The monoisotopic (exact) mass is 414 g/mol. The zero-order chi connectivity index (χ0) is 21.5. The Labute approximate surface area is 185 Å². The van der Waals surface area contributed by atoms with E-state index in [1.807, 2.05) is 0 Å². The molecule has 1 saturated heterocycles. The quantitative estimate of drug-likeness (QED) is 0.414. The van der Waals surface area contributed by atoms with E-state index in [4.69, 9.17) is 4.74 Å². The van der Waals surface area contributed by atoms with Crippen LogP contribution in [0.15, 0.2) is 12.2 Å². The van der Waals surface area contributed by atoms with Crippen molar-refractivity contribution in [3.05, 3.63) is 12.2 Å². The maximum absolute atomic E-state index is 10.4. The van der Waals surface area contributed by atoms with E-state index in [9.17, 15) is 5.11 Å². The number of aliphatic hydroxyl groups is 1. The lowest BCUT2D eigenvalue weighted by atomic mass is 9.44. The van der Waals surface area contributed by atoms with Crippen LogP contribution >= 0.6 is 0 Å². The van der Waals surface area contributed by atoms with Gasteiger partial charge in [0, 0.05) is 11.8 Å². The molecule has 0 aromatic rings. The third-order valence-electron chi connectivity index (χ3n) is 11.5. The summed E-state index contributed by atoms with van der Waals surface area (Å²) >= 11 is 0. The van der Waals surface area contributed by atoms with Crippen LogP contribution in [0.1, 0.15) is 92.9 Å². The van der Waals surface area contributed by atoms with E-state index in [0.717, 1.165) is 42.4 Å². The Hall–Kier alpha value is -0.340. The van der Waals surface area contributed by atoms with E-state index in [1.54, 1.807) is 0 Å². The average molecular weight is 415 g/mol. The number of rotatable bonds is 4. The fourth-order valence-corrected chi connectivity index (χ4v) is 9.27. The third kappa shape index (κ3) is 2.88. The highest BCUT2D eigenvalue weighted by Gasteiger charge is 2.76. The molecule has 1 heterocycles. The molecule has 4 saturated carbocycles. The highest BCUT2D eigenvalue weighted by atomic mass is 16.6. The van der Waals surface area contributed by atoms with Gasteiger partial charge in [-0.15, -0.1) is 0 Å². The number of epoxide rings is 1. The van der Waals surface area contributed by atoms with Crippen LogP contribution in [0.5, 0.6) is 0 Å². The van der Waals surface area contributed by atoms with Gasteiger partial charge >= 0.3 is 0 Å². The van der Waals surface area contributed by atoms with Gasteiger partial charge in [0.25, 0.3) is 0 Å². The Balaban J connectivity index is 1.36. The van der Waals surface area contributed by atoms with Crippen LogP contribution in [-0.4, -0.2) is 22.9 Å². The molecule has 0 aromatic carbocycles. The van der Waals surface area contributed by atoms with E-state index in [-0.39, 0.29) is 11.7 Å². The zero-order valence-corrected chi connectivity index (χ0v) is 20.4. The minimum absolute atomic E-state index is 0.0284. The van der Waals surface area contributed by atoms with Crippen LogP contribution in [-0.2, 0) is 4.74 Å². The van der Waals surface area contributed by atoms with Crippen molar-refractivity contribution in [2.45, 2.75) is 111 Å². The van der Waals surface area contributed by atoms with Crippen molar-refractivity contribution in [3.63, 3.8) is 0 Å². The minimum Gasteiger partial charge on any atom is -0.393 e. The highest BCUT2D eigenvalue weighted by molar-refractivity contribution is 5.24. The van der Waals surface area contributed by atoms with Crippen molar-refractivity contribution >= 4 is 0 Å². The van der Waals surface area contributed by atoms with Crippen LogP contribution in [0, 0.1) is 52.3 Å². The standard InChI is InChI=1S/C28H46O2/c1-17(2)18(3)7-8-19(4)22-9-10-23-21-15-25-28(30-25)16-20(29)11-14-27(28,6)24(21)12-13-26(22,23)5/h7-8,17-25,29H,9-16H2,1-6H3/b8-7+/t18-,19+,20-,21?,22?,23?,24?,25?,26?,27+,28?/m0/s1. The van der Waals surface area contributed by atoms with Gasteiger partial charge in [-0.05, 0) is 91.8 Å². The number of aliphatic hydroxyl groups excluding tert-OH is 1. The molecule has 11 atom stereocenters. The molecule has 30 heavy (non-hydrogen) atoms. The summed E-state index contributed by atoms with van der Waals surface area (Å²) in [6.07, 6.45) is 15.3. The molecule has 4 aliphatic carbocycles. The lowest BCUT2D eigenvalue weighted by Crippen LogP contribution is -2.58. The number of hydrogen-bond acceptors (Lipinski definition) is 2. The van der Waals surface area contributed by atoms with E-state index in [0.29, 0.717) is 28.8 Å². The van der Waals surface area contributed by atoms with Crippen molar-refractivity contribution in [2.24, 2.45) is 52.3 Å². The average Bonchev–Trinajstić information content (AvgIpc) is 3.27. The summed E-state index contributed by atoms with van der Waals surface area (Å²) in [4.78, 5) is 0. The molecule has 1 N–H and O–H groups in total. The Bertz CT molecular complexity index is 699. The van der Waals surface area contributed by atoms with Crippen LogP contribution in [0.4, 0.5) is 0 Å². The number of ether oxygens (including phenoxy) is 1. The molecule has 1 aliphatic heterocycles. The van der Waals surface area contributed by atoms with Gasteiger partial charge in [0.15, 0.2) is 0 Å². The Kier molecular flexibility index (Phi) is 5.07. The lowest BCUT2D eigenvalue weighted by molar-refractivity contribution is -0.115. The summed E-state index contributed by atoms with van der Waals surface area (Å²) in [6, 6.07) is 0. The van der Waals surface area contributed by atoms with Gasteiger partial charge < -0.3 is 9.84 Å². The summed E-state index contributed by atoms with van der Waals surface area (Å²) in [5.74, 6) is 5.48. The van der Waals surface area contributed by atoms with Gasteiger partial charge in [0.05, 0.1) is 12.2 Å². The number of hydrogen-bond donors (Lipinski definition) is 1. The molecule has 1 spiro atoms. The van der Waals surface area contributed by atoms with E-state index in [2.05, 4.69) is 53.7 Å². The first-order chi connectivity index (χ1) is 14.1. The van der Waals surface area contributed by atoms with Crippen LogP contribution in [0.25, 0.3) is 0 Å². The fraction of sp³-hybridized carbons (Fsp3) is 0.929. The van der Waals surface area contributed by atoms with Gasteiger partial charge in [-0.2, -0.15) is 0 Å². The maximum Gasteiger partial charge on any atom is 0.103 e. The van der Waals surface area contributed by atoms with Gasteiger partial charge in [0.2, 0.25) is 0 Å². The first-order valence-electron chi connectivity index (χ1n) is 13.2. The Morgan fingerprint density at radius 3 is 2.43 bits per heavy atom. The summed E-state index contributed by atoms with van der Waals surface area (Å²) in [5, 5.41) is 10.4. The first kappa shape index (κ1) is 21.5. The Morgan fingerprint density at radius 1 is 0.933 bits per heavy atom. The van der Waals surface area contributed by atoms with Crippen LogP contribution < -0.4 is 0 Å². The van der Waals surface area contributed by atoms with Crippen molar-refractivity contribution in [3.8, 4) is 0 Å². The lowest BCUT2D eigenvalue weighted by Gasteiger charge is -2.59. The molecule has 0 aromatic heterocycles. The van der Waals surface area contributed by atoms with Crippen molar-refractivity contribution in [2.75, 3.05) is 0 Å². The molecule has 2 heteroatoms. The van der Waals surface area contributed by atoms with Gasteiger partial charge in [-0.3, -0.25) is 0 Å². The second-order valence-electron chi connectivity index (χ2n) is 13.0. The first-order valence-corrected chi connectivity index (χ1v) is 13.2. The number of allylic oxidation sites excluding steroid dienone is 2. The predicted octanol–water partition coefficient (Wildman–Crippen LogP) is 6.62. The summed E-state index contributed by atoms with van der Waals surface area (Å²) in [7, 11) is 0. The normalized spacial score (nSPS) is 54.3. The van der Waals surface area contributed by atoms with E-state index >= 15 is 0 Å². The van der Waals surface area contributed by atoms with E-state index < -0.39 is 0 Å². The summed E-state index contributed by atoms with van der Waals surface area (Å²) < 4.78 is 6.51. The second-order valence-corrected chi connectivity index (χ2v) is 13.0. The minimum atomic E-state index is -0.134. The Morgan fingerprint density at radius 2 is 1.70 bits per heavy atom.